The first-order valence-electron chi connectivity index (χ1n) is 12.4. The lowest BCUT2D eigenvalue weighted by Crippen LogP contribution is -2.59. The quantitative estimate of drug-likeness (QED) is 0.229. The molecule has 0 aromatic rings. The molecule has 0 aromatic heterocycles. The molecule has 6 saturated heterocycles. The lowest BCUT2D eigenvalue weighted by Gasteiger charge is -2.32. The van der Waals surface area contributed by atoms with E-state index in [2.05, 4.69) is 0 Å². The van der Waals surface area contributed by atoms with Crippen LogP contribution in [-0.2, 0) is 28.5 Å². The van der Waals surface area contributed by atoms with Gasteiger partial charge in [0.05, 0.1) is 26.4 Å². The summed E-state index contributed by atoms with van der Waals surface area (Å²) in [5.74, 6) is -0.467. The molecule has 4 atom stereocenters. The number of urea groups is 2. The van der Waals surface area contributed by atoms with Crippen molar-refractivity contribution in [3.05, 3.63) is 0 Å². The van der Waals surface area contributed by atoms with Crippen molar-refractivity contribution in [1.29, 1.82) is 0 Å². The van der Waals surface area contributed by atoms with Gasteiger partial charge in [-0.15, -0.1) is 0 Å². The summed E-state index contributed by atoms with van der Waals surface area (Å²) in [5, 5.41) is 0. The number of hydrogen-bond donors (Lipinski definition) is 0. The summed E-state index contributed by atoms with van der Waals surface area (Å²) < 4.78 is 20.8. The molecule has 0 radical (unpaired) electrons. The van der Waals surface area contributed by atoms with Crippen LogP contribution >= 0.6 is 0 Å². The summed E-state index contributed by atoms with van der Waals surface area (Å²) in [7, 11) is 0. The van der Waals surface area contributed by atoms with Crippen LogP contribution < -0.4 is 0 Å². The van der Waals surface area contributed by atoms with Crippen molar-refractivity contribution < 1.29 is 47.1 Å². The fourth-order valence-corrected chi connectivity index (χ4v) is 5.89. The number of nitrogens with zero attached hydrogens (tertiary/aromatic N) is 4. The van der Waals surface area contributed by atoms with Crippen LogP contribution in [0.3, 0.4) is 0 Å². The number of hydrogen-bond acceptors (Lipinski definition) is 8. The molecule has 6 fully saturated rings. The molecule has 0 spiro atoms. The van der Waals surface area contributed by atoms with Crippen molar-refractivity contribution >= 4 is 23.9 Å². The maximum absolute atomic E-state index is 14.0. The van der Waals surface area contributed by atoms with E-state index < -0.39 is 11.1 Å². The molecular weight excluding hydrogens is 460 g/mol. The number of carbonyl (C=O) groups is 4. The van der Waals surface area contributed by atoms with Crippen molar-refractivity contribution in [3.8, 4) is 0 Å². The maximum Gasteiger partial charge on any atom is 0.429 e. The lowest BCUT2D eigenvalue weighted by molar-refractivity contribution is -0.772. The molecule has 6 heterocycles. The second kappa shape index (κ2) is 7.30. The number of ether oxygens (including phenoxy) is 4. The van der Waals surface area contributed by atoms with Crippen molar-refractivity contribution in [1.82, 2.24) is 9.80 Å². The fraction of sp³-hybridized carbons (Fsp3) is 0.826. The van der Waals surface area contributed by atoms with E-state index in [4.69, 9.17) is 18.9 Å². The Morgan fingerprint density at radius 3 is 1.11 bits per heavy atom. The van der Waals surface area contributed by atoms with E-state index in [0.29, 0.717) is 26.4 Å². The molecule has 6 rings (SSSR count). The van der Waals surface area contributed by atoms with Gasteiger partial charge in [-0.1, -0.05) is 0 Å². The van der Waals surface area contributed by atoms with Gasteiger partial charge >= 0.3 is 23.9 Å². The van der Waals surface area contributed by atoms with E-state index in [1.165, 1.54) is 9.80 Å². The molecule has 6 aliphatic heterocycles. The number of amides is 6. The first-order valence-corrected chi connectivity index (χ1v) is 12.4. The minimum atomic E-state index is -1.17. The first kappa shape index (κ1) is 23.4. The third kappa shape index (κ3) is 3.57. The number of carbonyl (C=O) groups excluding carboxylic acids is 4. The highest BCUT2D eigenvalue weighted by Crippen LogP contribution is 2.42. The average Bonchev–Trinajstić information content (AvgIpc) is 3.60. The highest BCUT2D eigenvalue weighted by atomic mass is 16.6. The van der Waals surface area contributed by atoms with Gasteiger partial charge in [-0.25, -0.2) is 19.2 Å². The molecule has 6 amide bonds. The van der Waals surface area contributed by atoms with Crippen LogP contribution in [0.15, 0.2) is 0 Å². The van der Waals surface area contributed by atoms with Gasteiger partial charge in [0.25, 0.3) is 0 Å². The Morgan fingerprint density at radius 2 is 0.886 bits per heavy atom. The van der Waals surface area contributed by atoms with Gasteiger partial charge in [-0.3, -0.25) is 9.80 Å². The van der Waals surface area contributed by atoms with Crippen molar-refractivity contribution in [2.75, 3.05) is 59.3 Å². The predicted molar refractivity (Wildman–Crippen MR) is 116 cm³/mol. The van der Waals surface area contributed by atoms with Gasteiger partial charge in [0.2, 0.25) is 0 Å². The van der Waals surface area contributed by atoms with Crippen LogP contribution in [0.25, 0.3) is 0 Å². The van der Waals surface area contributed by atoms with E-state index in [1.54, 1.807) is 27.7 Å². The predicted octanol–water partition coefficient (Wildman–Crippen LogP) is -0.346. The second-order valence-corrected chi connectivity index (χ2v) is 11.8. The number of epoxide rings is 4. The molecule has 0 aromatic carbocycles. The van der Waals surface area contributed by atoms with Gasteiger partial charge in [-0.2, -0.15) is 8.97 Å². The second-order valence-electron chi connectivity index (χ2n) is 11.8. The zero-order valence-electron chi connectivity index (χ0n) is 20.7. The van der Waals surface area contributed by atoms with Gasteiger partial charge in [0.1, 0.15) is 57.3 Å². The van der Waals surface area contributed by atoms with Gasteiger partial charge in [0, 0.05) is 0 Å². The summed E-state index contributed by atoms with van der Waals surface area (Å²) in [6.45, 7) is 9.79. The number of rotatable bonds is 10. The molecular formula is C23H34N4O8+2. The Kier molecular flexibility index (Phi) is 4.89. The summed E-state index contributed by atoms with van der Waals surface area (Å²) >= 11 is 0. The lowest BCUT2D eigenvalue weighted by atomic mass is 10.0. The largest absolute Gasteiger partial charge is 0.429 e. The van der Waals surface area contributed by atoms with Gasteiger partial charge in [0.15, 0.2) is 11.1 Å². The highest BCUT2D eigenvalue weighted by Gasteiger charge is 2.72. The monoisotopic (exact) mass is 494 g/mol. The average molecular weight is 495 g/mol. The first-order chi connectivity index (χ1) is 16.4. The normalized spacial score (nSPS) is 42.7. The Labute approximate surface area is 203 Å². The van der Waals surface area contributed by atoms with Crippen molar-refractivity contribution in [2.24, 2.45) is 0 Å². The molecule has 12 nitrogen and oxygen atoms in total. The molecule has 0 N–H and O–H groups in total. The standard InChI is InChI=1S/C23H34N4O8/c1-22(2)18(28)26(5-14-9-32-14,6-15-10-33-15)20(30)24(22)13-25-21(31)27(7-16-11-34-16,8-17-12-35-17)19(29)23(25,3)4/h14-17H,5-13H2,1-4H3/q+2. The van der Waals surface area contributed by atoms with Crippen LogP contribution in [0.5, 0.6) is 0 Å². The molecule has 0 bridgehead atoms. The summed E-state index contributed by atoms with van der Waals surface area (Å²) in [6, 6.07) is -0.744. The molecule has 6 aliphatic rings. The third-order valence-electron chi connectivity index (χ3n) is 8.32. The van der Waals surface area contributed by atoms with Crippen LogP contribution in [-0.4, -0.2) is 137 Å². The van der Waals surface area contributed by atoms with Crippen LogP contribution in [0.4, 0.5) is 9.59 Å². The van der Waals surface area contributed by atoms with Gasteiger partial charge in [-0.05, 0) is 27.7 Å². The van der Waals surface area contributed by atoms with Crippen LogP contribution in [0, 0.1) is 0 Å². The summed E-state index contributed by atoms with van der Waals surface area (Å²) in [5.41, 5.74) is -2.34. The maximum atomic E-state index is 14.0. The Balaban J connectivity index is 1.32. The molecule has 12 heteroatoms. The minimum absolute atomic E-state index is 0.148. The summed E-state index contributed by atoms with van der Waals surface area (Å²) in [4.78, 5) is 58.5. The van der Waals surface area contributed by atoms with Crippen molar-refractivity contribution in [3.63, 3.8) is 0 Å². The third-order valence-corrected chi connectivity index (χ3v) is 8.32. The number of imide groups is 2. The number of quaternary nitrogens is 2. The van der Waals surface area contributed by atoms with E-state index in [9.17, 15) is 19.2 Å². The zero-order valence-corrected chi connectivity index (χ0v) is 20.7. The molecule has 35 heavy (non-hydrogen) atoms. The Hall–Kier alpha value is -1.96. The molecule has 192 valence electrons. The fourth-order valence-electron chi connectivity index (χ4n) is 5.89. The Bertz CT molecular complexity index is 889. The molecule has 0 saturated carbocycles. The molecule has 4 unspecified atom stereocenters. The topological polar surface area (TPSA) is 125 Å². The van der Waals surface area contributed by atoms with E-state index in [-0.39, 0.29) is 90.1 Å². The SMILES string of the molecule is CC1(C)C(=O)[N+](CC2CO2)(CC2CO2)C(=O)N1CN1C(=O)[N+](CC2CO2)(CC2CO2)C(=O)C1(C)C. The van der Waals surface area contributed by atoms with E-state index in [1.807, 2.05) is 0 Å². The smallest absolute Gasteiger partial charge is 0.367 e. The highest BCUT2D eigenvalue weighted by molar-refractivity contribution is 5.99. The minimum Gasteiger partial charge on any atom is -0.367 e. The molecule has 0 aliphatic carbocycles. The Morgan fingerprint density at radius 1 is 0.629 bits per heavy atom. The van der Waals surface area contributed by atoms with Crippen LogP contribution in [0.2, 0.25) is 0 Å². The van der Waals surface area contributed by atoms with Crippen molar-refractivity contribution in [2.45, 2.75) is 63.2 Å². The van der Waals surface area contributed by atoms with E-state index >= 15 is 0 Å². The van der Waals surface area contributed by atoms with Crippen LogP contribution in [0.1, 0.15) is 27.7 Å². The van der Waals surface area contributed by atoms with Gasteiger partial charge < -0.3 is 18.9 Å². The summed E-state index contributed by atoms with van der Waals surface area (Å²) in [6.07, 6.45) is -0.592. The zero-order chi connectivity index (χ0) is 25.0. The van der Waals surface area contributed by atoms with E-state index in [0.717, 1.165) is 0 Å².